The second-order valence-corrected chi connectivity index (χ2v) is 9.82. The third kappa shape index (κ3) is 4.59. The van der Waals surface area contributed by atoms with Gasteiger partial charge in [0.25, 0.3) is 0 Å². The molecule has 0 spiro atoms. The van der Waals surface area contributed by atoms with Crippen LogP contribution in [0.4, 0.5) is 5.82 Å². The first-order valence-corrected chi connectivity index (χ1v) is 12.1. The third-order valence-corrected chi connectivity index (χ3v) is 7.20. The number of aryl methyl sites for hydroxylation is 1. The SMILES string of the molecule is Cc1ccccc1S(=O)(=O)NCCNc1cc(-c2ccccc2Cl)nc2c(Br)cnn12. The number of halogens is 2. The van der Waals surface area contributed by atoms with Crippen molar-refractivity contribution in [2.45, 2.75) is 11.8 Å². The maximum Gasteiger partial charge on any atom is 0.240 e. The summed E-state index contributed by atoms with van der Waals surface area (Å²) in [6.07, 6.45) is 1.66. The lowest BCUT2D eigenvalue weighted by Gasteiger charge is -2.13. The molecule has 0 aliphatic rings. The van der Waals surface area contributed by atoms with Gasteiger partial charge in [0.15, 0.2) is 5.65 Å². The molecule has 10 heteroatoms. The van der Waals surface area contributed by atoms with Gasteiger partial charge in [-0.15, -0.1) is 0 Å². The van der Waals surface area contributed by atoms with E-state index in [1.54, 1.807) is 35.8 Å². The van der Waals surface area contributed by atoms with Crippen LogP contribution in [-0.4, -0.2) is 36.1 Å². The predicted octanol–water partition coefficient (Wildman–Crippen LogP) is 4.51. The van der Waals surface area contributed by atoms with Crippen molar-refractivity contribution in [1.29, 1.82) is 0 Å². The summed E-state index contributed by atoms with van der Waals surface area (Å²) in [7, 11) is -3.59. The van der Waals surface area contributed by atoms with E-state index in [1.165, 1.54) is 0 Å². The van der Waals surface area contributed by atoms with Gasteiger partial charge in [-0.2, -0.15) is 9.61 Å². The van der Waals surface area contributed by atoms with E-state index >= 15 is 0 Å². The zero-order valence-corrected chi connectivity index (χ0v) is 19.7. The van der Waals surface area contributed by atoms with Crippen LogP contribution in [0.1, 0.15) is 5.56 Å². The van der Waals surface area contributed by atoms with E-state index in [0.29, 0.717) is 34.3 Å². The van der Waals surface area contributed by atoms with E-state index < -0.39 is 10.0 Å². The number of aromatic nitrogens is 3. The highest BCUT2D eigenvalue weighted by atomic mass is 79.9. The van der Waals surface area contributed by atoms with Crippen LogP contribution in [0, 0.1) is 6.92 Å². The Kier molecular flexibility index (Phi) is 6.29. The Balaban J connectivity index is 1.55. The first kappa shape index (κ1) is 21.8. The van der Waals surface area contributed by atoms with Crippen molar-refractivity contribution in [3.63, 3.8) is 0 Å². The Bertz CT molecular complexity index is 1360. The van der Waals surface area contributed by atoms with Gasteiger partial charge in [0.2, 0.25) is 10.0 Å². The molecule has 0 amide bonds. The third-order valence-electron chi connectivity index (χ3n) is 4.68. The summed E-state index contributed by atoms with van der Waals surface area (Å²) in [5.41, 5.74) is 2.80. The van der Waals surface area contributed by atoms with Crippen molar-refractivity contribution in [2.75, 3.05) is 18.4 Å². The van der Waals surface area contributed by atoms with Gasteiger partial charge in [0.05, 0.1) is 21.3 Å². The molecule has 2 aromatic carbocycles. The summed E-state index contributed by atoms with van der Waals surface area (Å²) in [6.45, 7) is 2.32. The van der Waals surface area contributed by atoms with Crippen LogP contribution in [0.15, 0.2) is 70.2 Å². The molecule has 31 heavy (non-hydrogen) atoms. The van der Waals surface area contributed by atoms with Gasteiger partial charge in [-0.1, -0.05) is 48.0 Å². The number of hydrogen-bond acceptors (Lipinski definition) is 5. The summed E-state index contributed by atoms with van der Waals surface area (Å²) in [5.74, 6) is 0.667. The van der Waals surface area contributed by atoms with Crippen molar-refractivity contribution in [3.8, 4) is 11.3 Å². The smallest absolute Gasteiger partial charge is 0.240 e. The minimum Gasteiger partial charge on any atom is -0.369 e. The Morgan fingerprint density at radius 2 is 1.84 bits per heavy atom. The Labute approximate surface area is 193 Å². The van der Waals surface area contributed by atoms with Crippen molar-refractivity contribution >= 4 is 49.0 Å². The highest BCUT2D eigenvalue weighted by Crippen LogP contribution is 2.30. The molecule has 0 atom stereocenters. The topological polar surface area (TPSA) is 88.4 Å². The fourth-order valence-corrected chi connectivity index (χ4v) is 5.04. The average Bonchev–Trinajstić information content (AvgIpc) is 3.12. The maximum atomic E-state index is 12.6. The highest BCUT2D eigenvalue weighted by molar-refractivity contribution is 9.10. The first-order valence-electron chi connectivity index (χ1n) is 9.45. The predicted molar refractivity (Wildman–Crippen MR) is 126 cm³/mol. The van der Waals surface area contributed by atoms with Crippen molar-refractivity contribution in [3.05, 3.63) is 75.9 Å². The number of benzene rings is 2. The Morgan fingerprint density at radius 3 is 2.61 bits per heavy atom. The van der Waals surface area contributed by atoms with Crippen LogP contribution in [0.25, 0.3) is 16.9 Å². The molecule has 0 bridgehead atoms. The molecule has 0 fully saturated rings. The summed E-state index contributed by atoms with van der Waals surface area (Å²) in [5, 5.41) is 8.16. The van der Waals surface area contributed by atoms with Gasteiger partial charge in [-0.05, 0) is 40.5 Å². The minimum absolute atomic E-state index is 0.199. The van der Waals surface area contributed by atoms with Gasteiger partial charge in [0.1, 0.15) is 5.82 Å². The molecular weight excluding hydrogens is 502 g/mol. The zero-order valence-electron chi connectivity index (χ0n) is 16.5. The zero-order chi connectivity index (χ0) is 22.0. The van der Waals surface area contributed by atoms with Gasteiger partial charge >= 0.3 is 0 Å². The highest BCUT2D eigenvalue weighted by Gasteiger charge is 2.16. The molecule has 2 aromatic heterocycles. The maximum absolute atomic E-state index is 12.6. The average molecular weight is 521 g/mol. The Hall–Kier alpha value is -2.46. The van der Waals surface area contributed by atoms with Crippen molar-refractivity contribution < 1.29 is 8.42 Å². The van der Waals surface area contributed by atoms with E-state index in [2.05, 4.69) is 36.1 Å². The lowest BCUT2D eigenvalue weighted by Crippen LogP contribution is -2.29. The number of hydrogen-bond donors (Lipinski definition) is 2. The molecular formula is C21H19BrClN5O2S. The molecule has 160 valence electrons. The first-order chi connectivity index (χ1) is 14.9. The molecule has 2 heterocycles. The summed E-state index contributed by atoms with van der Waals surface area (Å²) in [4.78, 5) is 4.94. The van der Waals surface area contributed by atoms with E-state index in [9.17, 15) is 8.42 Å². The van der Waals surface area contributed by atoms with Crippen LogP contribution in [-0.2, 0) is 10.0 Å². The Morgan fingerprint density at radius 1 is 1.10 bits per heavy atom. The molecule has 0 radical (unpaired) electrons. The molecule has 2 N–H and O–H groups in total. The van der Waals surface area contributed by atoms with Gasteiger partial charge < -0.3 is 5.32 Å². The van der Waals surface area contributed by atoms with Crippen molar-refractivity contribution in [1.82, 2.24) is 19.3 Å². The fraction of sp³-hybridized carbons (Fsp3) is 0.143. The van der Waals surface area contributed by atoms with Gasteiger partial charge in [-0.25, -0.2) is 18.1 Å². The molecule has 7 nitrogen and oxygen atoms in total. The standard InChI is InChI=1S/C21H19BrClN5O2S/c1-14-6-2-5-9-19(14)31(29,30)26-11-10-24-20-12-18(15-7-3-4-8-17(15)23)27-21-16(22)13-25-28(20)21/h2-9,12-13,24,26H,10-11H2,1H3. The van der Waals surface area contributed by atoms with Crippen LogP contribution in [0.2, 0.25) is 5.02 Å². The largest absolute Gasteiger partial charge is 0.369 e. The second kappa shape index (κ2) is 8.96. The van der Waals surface area contributed by atoms with E-state index in [4.69, 9.17) is 11.6 Å². The number of fused-ring (bicyclic) bond motifs is 1. The molecule has 0 saturated heterocycles. The van der Waals surface area contributed by atoms with Crippen LogP contribution in [0.3, 0.4) is 0 Å². The fourth-order valence-electron chi connectivity index (χ4n) is 3.18. The van der Waals surface area contributed by atoms with E-state index in [1.807, 2.05) is 36.4 Å². The van der Waals surface area contributed by atoms with Crippen molar-refractivity contribution in [2.24, 2.45) is 0 Å². The summed E-state index contributed by atoms with van der Waals surface area (Å²) < 4.78 is 30.2. The number of nitrogens with zero attached hydrogens (tertiary/aromatic N) is 3. The minimum atomic E-state index is -3.59. The van der Waals surface area contributed by atoms with E-state index in [-0.39, 0.29) is 11.4 Å². The van der Waals surface area contributed by atoms with Gasteiger partial charge in [0, 0.05) is 29.7 Å². The van der Waals surface area contributed by atoms with Gasteiger partial charge in [-0.3, -0.25) is 0 Å². The lowest BCUT2D eigenvalue weighted by molar-refractivity contribution is 0.582. The lowest BCUT2D eigenvalue weighted by atomic mass is 10.1. The quantitative estimate of drug-likeness (QED) is 0.350. The number of anilines is 1. The molecule has 0 aliphatic carbocycles. The number of rotatable bonds is 7. The number of sulfonamides is 1. The second-order valence-electron chi connectivity index (χ2n) is 6.82. The summed E-state index contributed by atoms with van der Waals surface area (Å²) in [6, 6.07) is 16.2. The van der Waals surface area contributed by atoms with E-state index in [0.717, 1.165) is 10.0 Å². The summed E-state index contributed by atoms with van der Waals surface area (Å²) >= 11 is 9.82. The molecule has 4 rings (SSSR count). The number of nitrogens with one attached hydrogen (secondary N) is 2. The van der Waals surface area contributed by atoms with Crippen LogP contribution < -0.4 is 10.0 Å². The molecule has 0 saturated carbocycles. The monoisotopic (exact) mass is 519 g/mol. The molecule has 4 aromatic rings. The van der Waals surface area contributed by atoms with Crippen LogP contribution >= 0.6 is 27.5 Å². The van der Waals surface area contributed by atoms with Crippen LogP contribution in [0.5, 0.6) is 0 Å². The normalized spacial score (nSPS) is 11.7. The molecule has 0 aliphatic heterocycles. The molecule has 0 unspecified atom stereocenters.